The Labute approximate surface area is 339 Å². The fourth-order valence-corrected chi connectivity index (χ4v) is 7.29. The summed E-state index contributed by atoms with van der Waals surface area (Å²) in [6.45, 7) is 10.2. The highest BCUT2D eigenvalue weighted by molar-refractivity contribution is 6.38. The van der Waals surface area contributed by atoms with Crippen LogP contribution in [0.2, 0.25) is 0 Å². The van der Waals surface area contributed by atoms with Crippen molar-refractivity contribution >= 4 is 41.4 Å². The second kappa shape index (κ2) is 24.2. The van der Waals surface area contributed by atoms with Crippen LogP contribution in [0.15, 0.2) is 36.5 Å². The molecule has 0 aromatic rings. The highest BCUT2D eigenvalue weighted by Gasteiger charge is 2.46. The first-order valence-electron chi connectivity index (χ1n) is 20.2. The highest BCUT2D eigenvalue weighted by atomic mass is 19.4. The number of allylic oxidation sites excluding steroid dienone is 3. The average molecular weight is 825 g/mol. The smallest absolute Gasteiger partial charge is 0.344 e. The monoisotopic (exact) mass is 824 g/mol. The molecule has 6 atom stereocenters. The lowest BCUT2D eigenvalue weighted by atomic mass is 9.83. The molecule has 18 heteroatoms. The molecule has 1 saturated carbocycles. The van der Waals surface area contributed by atoms with Gasteiger partial charge in [-0.1, -0.05) is 70.4 Å². The third-order valence-electron chi connectivity index (χ3n) is 10.6. The van der Waals surface area contributed by atoms with Crippen LogP contribution in [0.5, 0.6) is 0 Å². The van der Waals surface area contributed by atoms with Crippen molar-refractivity contribution in [2.75, 3.05) is 27.2 Å². The molecule has 1 aliphatic carbocycles. The van der Waals surface area contributed by atoms with E-state index < -0.39 is 97.0 Å². The number of likely N-dealkylation sites (N-methyl/N-ethyl adjacent to an activating group) is 1. The summed E-state index contributed by atoms with van der Waals surface area (Å²) >= 11 is 0. The summed E-state index contributed by atoms with van der Waals surface area (Å²) in [5.41, 5.74) is 2.97. The fraction of sp³-hybridized carbons (Fsp3) is 0.675. The van der Waals surface area contributed by atoms with E-state index >= 15 is 0 Å². The molecule has 0 spiro atoms. The van der Waals surface area contributed by atoms with Gasteiger partial charge >= 0.3 is 12.2 Å². The number of nitrogens with zero attached hydrogens (tertiary/aromatic N) is 2. The summed E-state index contributed by atoms with van der Waals surface area (Å²) in [5.74, 6) is -6.37. The maximum absolute atomic E-state index is 14.4. The number of hydrogen-bond acceptors (Lipinski definition) is 8. The third kappa shape index (κ3) is 15.2. The van der Waals surface area contributed by atoms with Crippen LogP contribution in [-0.4, -0.2) is 115 Å². The number of urea groups is 1. The number of Topliss-reactive ketones (excluding diaryl/α,β-unsaturated/α-hetero) is 1. The van der Waals surface area contributed by atoms with Crippen molar-refractivity contribution in [1.29, 1.82) is 0 Å². The van der Waals surface area contributed by atoms with Crippen molar-refractivity contribution in [3.63, 3.8) is 0 Å². The van der Waals surface area contributed by atoms with Gasteiger partial charge in [0.2, 0.25) is 23.5 Å². The number of nitrogens with one attached hydrogen (secondary N) is 6. The van der Waals surface area contributed by atoms with E-state index in [1.807, 2.05) is 20.8 Å². The molecule has 1 aliphatic heterocycles. The van der Waals surface area contributed by atoms with E-state index in [4.69, 9.17) is 0 Å². The zero-order chi connectivity index (χ0) is 43.6. The van der Waals surface area contributed by atoms with Crippen LogP contribution in [0.4, 0.5) is 18.0 Å². The Kier molecular flexibility index (Phi) is 20.7. The summed E-state index contributed by atoms with van der Waals surface area (Å²) in [7, 11) is 2.90. The van der Waals surface area contributed by atoms with E-state index in [1.54, 1.807) is 19.1 Å². The first kappa shape index (κ1) is 49.4. The van der Waals surface area contributed by atoms with Crippen molar-refractivity contribution in [2.24, 2.45) is 11.8 Å². The van der Waals surface area contributed by atoms with E-state index in [2.05, 4.69) is 38.6 Å². The Morgan fingerprint density at radius 1 is 0.966 bits per heavy atom. The zero-order valence-electron chi connectivity index (χ0n) is 34.6. The second-order valence-corrected chi connectivity index (χ2v) is 14.9. The summed E-state index contributed by atoms with van der Waals surface area (Å²) in [6.07, 6.45) is 5.04. The molecule has 2 aliphatic rings. The van der Waals surface area contributed by atoms with E-state index in [9.17, 15) is 46.7 Å². The SMILES string of the molecule is C=C/C=C(\C=C/C)C(NC(=O)CNC(=O)C(=O)C(CCC(F)(F)F)NC(=O)C1[C@@H](CCC)CCN1C(=O)C(NC(=O)NC(C)CC)C1CCCCC1)C(=O)N(C)NC. The first-order valence-corrected chi connectivity index (χ1v) is 20.2. The van der Waals surface area contributed by atoms with Crippen LogP contribution in [-0.2, 0) is 28.8 Å². The lowest BCUT2D eigenvalue weighted by Crippen LogP contribution is -2.60. The molecule has 0 aromatic carbocycles. The molecule has 5 unspecified atom stereocenters. The van der Waals surface area contributed by atoms with E-state index in [0.717, 1.165) is 24.3 Å². The van der Waals surface area contributed by atoms with Crippen molar-refractivity contribution in [3.8, 4) is 0 Å². The Morgan fingerprint density at radius 2 is 1.64 bits per heavy atom. The second-order valence-electron chi connectivity index (χ2n) is 14.9. The minimum atomic E-state index is -4.75. The maximum atomic E-state index is 14.4. The van der Waals surface area contributed by atoms with Gasteiger partial charge in [-0.3, -0.25) is 33.8 Å². The van der Waals surface area contributed by atoms with Crippen LogP contribution < -0.4 is 32.0 Å². The van der Waals surface area contributed by atoms with Crippen molar-refractivity contribution in [3.05, 3.63) is 36.5 Å². The molecule has 1 saturated heterocycles. The lowest BCUT2D eigenvalue weighted by molar-refractivity contribution is -0.147. The van der Waals surface area contributed by atoms with Gasteiger partial charge in [0.25, 0.3) is 11.8 Å². The molecular formula is C40H63F3N8O7. The molecule has 326 valence electrons. The summed E-state index contributed by atoms with van der Waals surface area (Å²) in [6, 6.07) is -6.05. The number of hydrogen-bond donors (Lipinski definition) is 6. The van der Waals surface area contributed by atoms with E-state index in [-0.39, 0.29) is 18.5 Å². The van der Waals surface area contributed by atoms with E-state index in [1.165, 1.54) is 31.1 Å². The van der Waals surface area contributed by atoms with Crippen LogP contribution >= 0.6 is 0 Å². The highest BCUT2D eigenvalue weighted by Crippen LogP contribution is 2.33. The van der Waals surface area contributed by atoms with Crippen LogP contribution in [0, 0.1) is 11.8 Å². The number of carbonyl (C=O) groups excluding carboxylic acids is 7. The first-order chi connectivity index (χ1) is 27.4. The molecule has 6 N–H and O–H groups in total. The third-order valence-corrected chi connectivity index (χ3v) is 10.6. The van der Waals surface area contributed by atoms with Crippen molar-refractivity contribution < 1.29 is 46.7 Å². The molecule has 2 rings (SSSR count). The lowest BCUT2D eigenvalue weighted by Gasteiger charge is -2.36. The quantitative estimate of drug-likeness (QED) is 0.0576. The number of halogens is 3. The predicted octanol–water partition coefficient (Wildman–Crippen LogP) is 3.33. The van der Waals surface area contributed by atoms with Crippen LogP contribution in [0.25, 0.3) is 0 Å². The summed E-state index contributed by atoms with van der Waals surface area (Å²) < 4.78 is 40.5. The van der Waals surface area contributed by atoms with Gasteiger partial charge in [0.05, 0.1) is 12.6 Å². The molecule has 0 bridgehead atoms. The average Bonchev–Trinajstić information content (AvgIpc) is 3.62. The van der Waals surface area contributed by atoms with Crippen molar-refractivity contribution in [2.45, 2.75) is 135 Å². The molecule has 58 heavy (non-hydrogen) atoms. The number of hydrazine groups is 1. The van der Waals surface area contributed by atoms with Crippen molar-refractivity contribution in [1.82, 2.24) is 41.9 Å². The van der Waals surface area contributed by atoms with Gasteiger partial charge in [0.1, 0.15) is 18.1 Å². The van der Waals surface area contributed by atoms with Gasteiger partial charge in [-0.05, 0) is 69.8 Å². The zero-order valence-corrected chi connectivity index (χ0v) is 34.6. The van der Waals surface area contributed by atoms with Gasteiger partial charge in [0, 0.05) is 33.1 Å². The van der Waals surface area contributed by atoms with Crippen LogP contribution in [0.3, 0.4) is 0 Å². The Hall–Kier alpha value is -4.74. The Bertz CT molecular complexity index is 1510. The molecule has 1 heterocycles. The standard InChI is InChI=1S/C40H63F3N8O7/c1-8-15-26(16-9-2)31(37(56)50(7)44-6)48-30(52)24-45-36(55)34(53)29(20-22-40(41,42)43)47-35(54)33-28(17-10-3)21-23-51(33)38(57)32(27-18-13-12-14-19-27)49-39(58)46-25(5)11-4/h8-9,15-16,25,27-29,31-33,44H,1,10-14,17-24H2,2-7H3,(H,45,55)(H,47,54)(H,48,52)(H2,46,49,58)/b16-9-,26-15+/t25?,28-,29?,31?,32?,33?/m0/s1. The number of rotatable bonds is 21. The van der Waals surface area contributed by atoms with E-state index in [0.29, 0.717) is 44.1 Å². The number of carbonyl (C=O) groups is 7. The minimum absolute atomic E-state index is 0.140. The number of alkyl halides is 3. The number of amides is 7. The van der Waals surface area contributed by atoms with Gasteiger partial charge in [0.15, 0.2) is 0 Å². The molecule has 15 nitrogen and oxygen atoms in total. The number of ketones is 1. The number of likely N-dealkylation sites (tertiary alicyclic amines) is 1. The van der Waals surface area contributed by atoms with Gasteiger partial charge in [-0.25, -0.2) is 10.2 Å². The molecule has 7 amide bonds. The molecular weight excluding hydrogens is 761 g/mol. The predicted molar refractivity (Wildman–Crippen MR) is 212 cm³/mol. The molecule has 2 fully saturated rings. The van der Waals surface area contributed by atoms with Gasteiger partial charge in [-0.2, -0.15) is 13.2 Å². The Morgan fingerprint density at radius 3 is 2.21 bits per heavy atom. The largest absolute Gasteiger partial charge is 0.389 e. The fourth-order valence-electron chi connectivity index (χ4n) is 7.29. The van der Waals surface area contributed by atoms with Gasteiger partial charge in [-0.15, -0.1) is 0 Å². The molecule has 0 radical (unpaired) electrons. The summed E-state index contributed by atoms with van der Waals surface area (Å²) in [4.78, 5) is 95.5. The normalized spacial score (nSPS) is 19.7. The molecule has 0 aromatic heterocycles. The van der Waals surface area contributed by atoms with Gasteiger partial charge < -0.3 is 31.5 Å². The summed E-state index contributed by atoms with van der Waals surface area (Å²) in [5, 5.41) is 13.7. The maximum Gasteiger partial charge on any atom is 0.389 e. The van der Waals surface area contributed by atoms with Crippen LogP contribution in [0.1, 0.15) is 98.3 Å². The minimum Gasteiger partial charge on any atom is -0.344 e. The Balaban J connectivity index is 2.35. The topological polar surface area (TPSA) is 198 Å².